The van der Waals surface area contributed by atoms with Gasteiger partial charge < -0.3 is 4.74 Å². The molecule has 0 saturated heterocycles. The molecule has 17 heavy (non-hydrogen) atoms. The van der Waals surface area contributed by atoms with Crippen LogP contribution >= 0.6 is 0 Å². The second kappa shape index (κ2) is 8.26. The number of Topliss-reactive ketones (excluding diaryl/α,β-unsaturated/α-hetero) is 1. The maximum absolute atomic E-state index is 11.6. The quantitative estimate of drug-likeness (QED) is 0.406. The standard InChI is InChI=1S/C14H24O3/c1-2-17-14(16)11-13(15)10-9-12-7-5-3-4-6-8-12/h12H,2-11H2,1H3. The van der Waals surface area contributed by atoms with E-state index in [-0.39, 0.29) is 18.2 Å². The molecule has 0 N–H and O–H groups in total. The molecule has 1 rings (SSSR count). The highest BCUT2D eigenvalue weighted by molar-refractivity contribution is 5.95. The third-order valence-electron chi connectivity index (χ3n) is 3.45. The van der Waals surface area contributed by atoms with Gasteiger partial charge >= 0.3 is 5.97 Å². The van der Waals surface area contributed by atoms with Gasteiger partial charge in [0.25, 0.3) is 0 Å². The van der Waals surface area contributed by atoms with Crippen molar-refractivity contribution < 1.29 is 14.3 Å². The maximum atomic E-state index is 11.6. The molecule has 3 heteroatoms. The van der Waals surface area contributed by atoms with E-state index in [1.807, 2.05) is 0 Å². The molecule has 0 atom stereocenters. The Morgan fingerprint density at radius 3 is 2.35 bits per heavy atom. The minimum Gasteiger partial charge on any atom is -0.466 e. The van der Waals surface area contributed by atoms with Gasteiger partial charge in [-0.2, -0.15) is 0 Å². The van der Waals surface area contributed by atoms with E-state index in [9.17, 15) is 9.59 Å². The highest BCUT2D eigenvalue weighted by atomic mass is 16.5. The van der Waals surface area contributed by atoms with Gasteiger partial charge in [-0.05, 0) is 19.3 Å². The zero-order valence-electron chi connectivity index (χ0n) is 10.9. The lowest BCUT2D eigenvalue weighted by molar-refractivity contribution is -0.145. The summed E-state index contributed by atoms with van der Waals surface area (Å²) in [5, 5.41) is 0. The first kappa shape index (κ1) is 14.2. The predicted molar refractivity (Wildman–Crippen MR) is 66.7 cm³/mol. The van der Waals surface area contributed by atoms with E-state index in [1.165, 1.54) is 38.5 Å². The molecule has 0 aromatic carbocycles. The first-order valence-corrected chi connectivity index (χ1v) is 6.89. The van der Waals surface area contributed by atoms with E-state index >= 15 is 0 Å². The minimum atomic E-state index is -0.377. The third-order valence-corrected chi connectivity index (χ3v) is 3.45. The van der Waals surface area contributed by atoms with Crippen molar-refractivity contribution in [2.75, 3.05) is 6.61 Å². The van der Waals surface area contributed by atoms with Gasteiger partial charge in [0.15, 0.2) is 0 Å². The Hall–Kier alpha value is -0.860. The van der Waals surface area contributed by atoms with Crippen molar-refractivity contribution in [2.45, 2.75) is 64.7 Å². The molecule has 1 aliphatic carbocycles. The monoisotopic (exact) mass is 240 g/mol. The fourth-order valence-corrected chi connectivity index (χ4v) is 2.48. The largest absolute Gasteiger partial charge is 0.466 e. The third kappa shape index (κ3) is 6.44. The number of carbonyl (C=O) groups is 2. The zero-order valence-corrected chi connectivity index (χ0v) is 10.9. The minimum absolute atomic E-state index is 0.0349. The van der Waals surface area contributed by atoms with Crippen LogP contribution in [0.5, 0.6) is 0 Å². The Bertz CT molecular complexity index is 240. The molecule has 0 amide bonds. The Labute approximate surface area is 104 Å². The summed E-state index contributed by atoms with van der Waals surface area (Å²) in [5.74, 6) is 0.356. The Morgan fingerprint density at radius 1 is 1.12 bits per heavy atom. The van der Waals surface area contributed by atoms with Crippen molar-refractivity contribution in [3.8, 4) is 0 Å². The van der Waals surface area contributed by atoms with Crippen LogP contribution in [0.25, 0.3) is 0 Å². The molecular formula is C14H24O3. The lowest BCUT2D eigenvalue weighted by Gasteiger charge is -2.12. The van der Waals surface area contributed by atoms with Crippen LogP contribution in [-0.2, 0) is 14.3 Å². The van der Waals surface area contributed by atoms with Crippen LogP contribution < -0.4 is 0 Å². The molecule has 0 aromatic rings. The first-order valence-electron chi connectivity index (χ1n) is 6.89. The Kier molecular flexibility index (Phi) is 6.90. The molecule has 0 heterocycles. The van der Waals surface area contributed by atoms with Gasteiger partial charge in [-0.3, -0.25) is 9.59 Å². The second-order valence-corrected chi connectivity index (χ2v) is 4.92. The fourth-order valence-electron chi connectivity index (χ4n) is 2.48. The molecule has 0 radical (unpaired) electrons. The van der Waals surface area contributed by atoms with Crippen LogP contribution in [0, 0.1) is 5.92 Å². The molecule has 1 fully saturated rings. The van der Waals surface area contributed by atoms with E-state index in [2.05, 4.69) is 0 Å². The van der Waals surface area contributed by atoms with E-state index in [1.54, 1.807) is 6.92 Å². The van der Waals surface area contributed by atoms with Crippen molar-refractivity contribution in [3.63, 3.8) is 0 Å². The summed E-state index contributed by atoms with van der Waals surface area (Å²) < 4.78 is 4.76. The average molecular weight is 240 g/mol. The summed E-state index contributed by atoms with van der Waals surface area (Å²) in [6.07, 6.45) is 9.26. The summed E-state index contributed by atoms with van der Waals surface area (Å²) in [7, 11) is 0. The molecule has 1 saturated carbocycles. The van der Waals surface area contributed by atoms with Crippen LogP contribution in [-0.4, -0.2) is 18.4 Å². The van der Waals surface area contributed by atoms with Crippen molar-refractivity contribution in [2.24, 2.45) is 5.92 Å². The molecule has 3 nitrogen and oxygen atoms in total. The Balaban J connectivity index is 2.15. The van der Waals surface area contributed by atoms with Gasteiger partial charge in [0.1, 0.15) is 12.2 Å². The lowest BCUT2D eigenvalue weighted by atomic mass is 9.93. The average Bonchev–Trinajstić information content (AvgIpc) is 2.55. The highest BCUT2D eigenvalue weighted by Gasteiger charge is 2.15. The lowest BCUT2D eigenvalue weighted by Crippen LogP contribution is -2.12. The Morgan fingerprint density at radius 2 is 1.76 bits per heavy atom. The van der Waals surface area contributed by atoms with E-state index in [0.717, 1.165) is 6.42 Å². The molecule has 0 spiro atoms. The fraction of sp³-hybridized carbons (Fsp3) is 0.857. The summed E-state index contributed by atoms with van der Waals surface area (Å²) in [6.45, 7) is 2.11. The number of ether oxygens (including phenoxy) is 1. The summed E-state index contributed by atoms with van der Waals surface area (Å²) in [6, 6.07) is 0. The number of rotatable bonds is 6. The molecule has 0 aliphatic heterocycles. The second-order valence-electron chi connectivity index (χ2n) is 4.92. The molecule has 0 bridgehead atoms. The zero-order chi connectivity index (χ0) is 12.5. The van der Waals surface area contributed by atoms with Gasteiger partial charge in [-0.15, -0.1) is 0 Å². The molecule has 0 unspecified atom stereocenters. The first-order chi connectivity index (χ1) is 8.22. The smallest absolute Gasteiger partial charge is 0.313 e. The van der Waals surface area contributed by atoms with E-state index in [4.69, 9.17) is 4.74 Å². The van der Waals surface area contributed by atoms with E-state index < -0.39 is 0 Å². The topological polar surface area (TPSA) is 43.4 Å². The molecule has 1 aliphatic rings. The van der Waals surface area contributed by atoms with Gasteiger partial charge in [0.2, 0.25) is 0 Å². The van der Waals surface area contributed by atoms with Crippen LogP contribution in [0.15, 0.2) is 0 Å². The maximum Gasteiger partial charge on any atom is 0.313 e. The van der Waals surface area contributed by atoms with Gasteiger partial charge in [0.05, 0.1) is 6.61 Å². The van der Waals surface area contributed by atoms with Crippen molar-refractivity contribution >= 4 is 11.8 Å². The molecule has 0 aromatic heterocycles. The van der Waals surface area contributed by atoms with Crippen LogP contribution in [0.1, 0.15) is 64.7 Å². The number of ketones is 1. The number of carbonyl (C=O) groups excluding carboxylic acids is 2. The predicted octanol–water partition coefficient (Wildman–Crippen LogP) is 3.26. The highest BCUT2D eigenvalue weighted by Crippen LogP contribution is 2.26. The van der Waals surface area contributed by atoms with Gasteiger partial charge in [-0.1, -0.05) is 38.5 Å². The number of hydrogen-bond donors (Lipinski definition) is 0. The molecule has 98 valence electrons. The van der Waals surface area contributed by atoms with Gasteiger partial charge in [0, 0.05) is 6.42 Å². The van der Waals surface area contributed by atoms with Crippen LogP contribution in [0.2, 0.25) is 0 Å². The van der Waals surface area contributed by atoms with Gasteiger partial charge in [-0.25, -0.2) is 0 Å². The van der Waals surface area contributed by atoms with Crippen LogP contribution in [0.4, 0.5) is 0 Å². The number of hydrogen-bond acceptors (Lipinski definition) is 3. The van der Waals surface area contributed by atoms with Crippen LogP contribution in [0.3, 0.4) is 0 Å². The van der Waals surface area contributed by atoms with Crippen molar-refractivity contribution in [1.82, 2.24) is 0 Å². The number of esters is 1. The molecular weight excluding hydrogens is 216 g/mol. The van der Waals surface area contributed by atoms with Crippen molar-refractivity contribution in [1.29, 1.82) is 0 Å². The SMILES string of the molecule is CCOC(=O)CC(=O)CCC1CCCCCC1. The summed E-state index contributed by atoms with van der Waals surface area (Å²) in [4.78, 5) is 22.7. The van der Waals surface area contributed by atoms with E-state index in [0.29, 0.717) is 18.9 Å². The normalized spacial score (nSPS) is 17.5. The summed E-state index contributed by atoms with van der Waals surface area (Å²) >= 11 is 0. The van der Waals surface area contributed by atoms with Crippen molar-refractivity contribution in [3.05, 3.63) is 0 Å². The summed E-state index contributed by atoms with van der Waals surface area (Å²) in [5.41, 5.74) is 0.